The van der Waals surface area contributed by atoms with Gasteiger partial charge in [-0.25, -0.2) is 4.39 Å². The molecule has 0 aliphatic heterocycles. The maximum Gasteiger partial charge on any atom is 0.153 e. The predicted octanol–water partition coefficient (Wildman–Crippen LogP) is 4.28. The molecule has 1 heterocycles. The fourth-order valence-electron chi connectivity index (χ4n) is 2.94. The molecule has 0 unspecified atom stereocenters. The van der Waals surface area contributed by atoms with E-state index in [0.29, 0.717) is 22.9 Å². The summed E-state index contributed by atoms with van der Waals surface area (Å²) in [5, 5.41) is 17.6. The van der Waals surface area contributed by atoms with Crippen molar-refractivity contribution < 1.29 is 4.39 Å². The van der Waals surface area contributed by atoms with Crippen molar-refractivity contribution in [3.05, 3.63) is 65.6 Å². The van der Waals surface area contributed by atoms with E-state index in [1.54, 1.807) is 6.07 Å². The maximum absolute atomic E-state index is 13.4. The first-order chi connectivity index (χ1) is 12.2. The number of anilines is 1. The third-order valence-corrected chi connectivity index (χ3v) is 4.42. The molecule has 4 rings (SSSR count). The van der Waals surface area contributed by atoms with Gasteiger partial charge in [-0.1, -0.05) is 24.3 Å². The normalized spacial score (nSPS) is 13.4. The average Bonchev–Trinajstić information content (AvgIpc) is 3.47. The monoisotopic (exact) mass is 330 g/mol. The van der Waals surface area contributed by atoms with Crippen molar-refractivity contribution in [2.75, 3.05) is 5.73 Å². The summed E-state index contributed by atoms with van der Waals surface area (Å²) in [6.07, 6.45) is 2.28. The lowest BCUT2D eigenvalue weighted by atomic mass is 9.96. The molecular weight excluding hydrogens is 315 g/mol. The van der Waals surface area contributed by atoms with E-state index < -0.39 is 5.82 Å². The Morgan fingerprint density at radius 3 is 2.48 bits per heavy atom. The van der Waals surface area contributed by atoms with E-state index in [2.05, 4.69) is 16.3 Å². The first-order valence-corrected chi connectivity index (χ1v) is 8.09. The van der Waals surface area contributed by atoms with Crippen LogP contribution < -0.4 is 5.73 Å². The molecule has 0 saturated heterocycles. The summed E-state index contributed by atoms with van der Waals surface area (Å²) in [6, 6.07) is 15.9. The highest BCUT2D eigenvalue weighted by molar-refractivity contribution is 5.80. The zero-order valence-corrected chi connectivity index (χ0v) is 13.4. The highest BCUT2D eigenvalue weighted by Crippen LogP contribution is 2.40. The van der Waals surface area contributed by atoms with E-state index in [4.69, 9.17) is 5.73 Å². The molecule has 1 fully saturated rings. The highest BCUT2D eigenvalue weighted by atomic mass is 19.1. The molecule has 122 valence electrons. The summed E-state index contributed by atoms with van der Waals surface area (Å²) in [5.74, 6) is 0.437. The number of nitriles is 1. The van der Waals surface area contributed by atoms with E-state index in [0.717, 1.165) is 35.2 Å². The van der Waals surface area contributed by atoms with Gasteiger partial charge >= 0.3 is 0 Å². The van der Waals surface area contributed by atoms with Crippen LogP contribution in [0.3, 0.4) is 0 Å². The summed E-state index contributed by atoms with van der Waals surface area (Å²) in [4.78, 5) is 0. The quantitative estimate of drug-likeness (QED) is 0.777. The summed E-state index contributed by atoms with van der Waals surface area (Å²) in [7, 11) is 0. The molecular formula is C20H15FN4. The molecule has 2 aromatic carbocycles. The number of aromatic nitrogens is 2. The van der Waals surface area contributed by atoms with Crippen molar-refractivity contribution in [2.24, 2.45) is 0 Å². The largest absolute Gasteiger partial charge is 0.382 e. The van der Waals surface area contributed by atoms with Gasteiger partial charge in [-0.3, -0.25) is 0 Å². The van der Waals surface area contributed by atoms with Crippen molar-refractivity contribution in [1.29, 1.82) is 5.26 Å². The van der Waals surface area contributed by atoms with Crippen LogP contribution in [0.1, 0.15) is 30.0 Å². The molecule has 0 radical (unpaired) electrons. The second kappa shape index (κ2) is 5.99. The Morgan fingerprint density at radius 1 is 1.00 bits per heavy atom. The van der Waals surface area contributed by atoms with Crippen molar-refractivity contribution in [2.45, 2.75) is 18.8 Å². The number of halogens is 1. The van der Waals surface area contributed by atoms with Crippen LogP contribution in [-0.4, -0.2) is 10.2 Å². The molecule has 1 aliphatic rings. The zero-order valence-electron chi connectivity index (χ0n) is 13.4. The standard InChI is InChI=1S/C20H15FN4/c21-16-6-7-17(15(9-16)11-22)13-2-1-3-14(8-13)18-10-19(12-4-5-12)24-25-20(18)23/h1-3,6-10,12H,4-5H2,(H2,23,25). The van der Waals surface area contributed by atoms with Gasteiger partial charge in [0, 0.05) is 11.5 Å². The Hall–Kier alpha value is -3.26. The van der Waals surface area contributed by atoms with E-state index in [9.17, 15) is 9.65 Å². The molecule has 3 aromatic rings. The van der Waals surface area contributed by atoms with E-state index >= 15 is 0 Å². The summed E-state index contributed by atoms with van der Waals surface area (Å²) < 4.78 is 13.4. The Morgan fingerprint density at radius 2 is 1.76 bits per heavy atom. The minimum atomic E-state index is -0.423. The molecule has 0 amide bonds. The van der Waals surface area contributed by atoms with Gasteiger partial charge in [-0.05, 0) is 53.8 Å². The van der Waals surface area contributed by atoms with Gasteiger partial charge < -0.3 is 5.73 Å². The van der Waals surface area contributed by atoms with Crippen LogP contribution >= 0.6 is 0 Å². The second-order valence-corrected chi connectivity index (χ2v) is 6.22. The van der Waals surface area contributed by atoms with Gasteiger partial charge in [0.15, 0.2) is 5.82 Å². The fraction of sp³-hybridized carbons (Fsp3) is 0.150. The number of hydrogen-bond donors (Lipinski definition) is 1. The van der Waals surface area contributed by atoms with Crippen molar-refractivity contribution in [1.82, 2.24) is 10.2 Å². The second-order valence-electron chi connectivity index (χ2n) is 6.22. The number of nitrogen functional groups attached to an aromatic ring is 1. The Balaban J connectivity index is 1.81. The van der Waals surface area contributed by atoms with Gasteiger partial charge in [0.2, 0.25) is 0 Å². The third kappa shape index (κ3) is 2.94. The molecule has 1 aromatic heterocycles. The summed E-state index contributed by atoms with van der Waals surface area (Å²) in [5.41, 5.74) is 10.6. The number of nitrogens with two attached hydrogens (primary N) is 1. The minimum Gasteiger partial charge on any atom is -0.382 e. The number of hydrogen-bond acceptors (Lipinski definition) is 4. The van der Waals surface area contributed by atoms with Crippen LogP contribution in [0.2, 0.25) is 0 Å². The zero-order chi connectivity index (χ0) is 17.4. The lowest BCUT2D eigenvalue weighted by Gasteiger charge is -2.10. The van der Waals surface area contributed by atoms with Crippen molar-refractivity contribution >= 4 is 5.82 Å². The third-order valence-electron chi connectivity index (χ3n) is 4.42. The predicted molar refractivity (Wildman–Crippen MR) is 94.0 cm³/mol. The van der Waals surface area contributed by atoms with E-state index in [1.807, 2.05) is 30.3 Å². The first-order valence-electron chi connectivity index (χ1n) is 8.09. The van der Waals surface area contributed by atoms with Gasteiger partial charge in [0.25, 0.3) is 0 Å². The van der Waals surface area contributed by atoms with Gasteiger partial charge in [-0.15, -0.1) is 5.10 Å². The molecule has 0 atom stereocenters. The fourth-order valence-corrected chi connectivity index (χ4v) is 2.94. The first kappa shape index (κ1) is 15.3. The Kier molecular flexibility index (Phi) is 3.66. The number of nitrogens with zero attached hydrogens (tertiary/aromatic N) is 3. The molecule has 0 bridgehead atoms. The molecule has 1 aliphatic carbocycles. The smallest absolute Gasteiger partial charge is 0.153 e. The summed E-state index contributed by atoms with van der Waals surface area (Å²) in [6.45, 7) is 0. The molecule has 25 heavy (non-hydrogen) atoms. The molecule has 5 heteroatoms. The summed E-state index contributed by atoms with van der Waals surface area (Å²) >= 11 is 0. The van der Waals surface area contributed by atoms with Crippen LogP contribution in [0.25, 0.3) is 22.3 Å². The van der Waals surface area contributed by atoms with Crippen LogP contribution in [0.4, 0.5) is 10.2 Å². The minimum absolute atomic E-state index is 0.302. The van der Waals surface area contributed by atoms with Gasteiger partial charge in [0.1, 0.15) is 5.82 Å². The van der Waals surface area contributed by atoms with Crippen LogP contribution in [0.15, 0.2) is 48.5 Å². The number of benzene rings is 2. The Bertz CT molecular complexity index is 1000. The number of rotatable bonds is 3. The van der Waals surface area contributed by atoms with Crippen molar-refractivity contribution in [3.63, 3.8) is 0 Å². The average molecular weight is 330 g/mol. The molecule has 4 nitrogen and oxygen atoms in total. The molecule has 1 saturated carbocycles. The lowest BCUT2D eigenvalue weighted by Crippen LogP contribution is -2.00. The lowest BCUT2D eigenvalue weighted by molar-refractivity contribution is 0.627. The highest BCUT2D eigenvalue weighted by Gasteiger charge is 2.26. The molecule has 2 N–H and O–H groups in total. The topological polar surface area (TPSA) is 75.6 Å². The van der Waals surface area contributed by atoms with E-state index in [-0.39, 0.29) is 0 Å². The Labute approximate surface area is 144 Å². The van der Waals surface area contributed by atoms with Crippen LogP contribution in [-0.2, 0) is 0 Å². The van der Waals surface area contributed by atoms with Gasteiger partial charge in [-0.2, -0.15) is 10.4 Å². The SMILES string of the molecule is N#Cc1cc(F)ccc1-c1cccc(-c2cc(C3CC3)nnc2N)c1. The van der Waals surface area contributed by atoms with Crippen LogP contribution in [0.5, 0.6) is 0 Å². The molecule has 0 spiro atoms. The van der Waals surface area contributed by atoms with Crippen molar-refractivity contribution in [3.8, 4) is 28.3 Å². The van der Waals surface area contributed by atoms with Gasteiger partial charge in [0.05, 0.1) is 17.3 Å². The van der Waals surface area contributed by atoms with E-state index in [1.165, 1.54) is 12.1 Å². The maximum atomic E-state index is 13.4. The van der Waals surface area contributed by atoms with Crippen LogP contribution in [0, 0.1) is 17.1 Å².